The average Bonchev–Trinajstić information content (AvgIpc) is 2.61. The first-order valence-corrected chi connectivity index (χ1v) is 12.2. The van der Waals surface area contributed by atoms with Gasteiger partial charge in [-0.05, 0) is 65.8 Å². The second-order valence-corrected chi connectivity index (χ2v) is 14.3. The van der Waals surface area contributed by atoms with Crippen LogP contribution in [0.2, 0.25) is 5.04 Å². The lowest BCUT2D eigenvalue weighted by Crippen LogP contribution is -2.66. The fourth-order valence-electron chi connectivity index (χ4n) is 3.30. The van der Waals surface area contributed by atoms with Crippen LogP contribution in [0.4, 0.5) is 0 Å². The molecule has 0 radical (unpaired) electrons. The standard InChI is InChI=1S/C22H26Br2OSi/c1-5-18(16-21(23)24)17-25-26(22(2,3)4,19-12-8-6-9-13-19)20-14-10-7-11-15-20/h5-16H,17H2,1-4H3/b18-5-. The Bertz CT molecular complexity index is 718. The van der Waals surface area contributed by atoms with Gasteiger partial charge < -0.3 is 4.43 Å². The summed E-state index contributed by atoms with van der Waals surface area (Å²) in [5.74, 6) is 0. The van der Waals surface area contributed by atoms with Crippen molar-refractivity contribution in [3.05, 3.63) is 81.8 Å². The van der Waals surface area contributed by atoms with E-state index < -0.39 is 8.32 Å². The van der Waals surface area contributed by atoms with Gasteiger partial charge in [-0.2, -0.15) is 0 Å². The lowest BCUT2D eigenvalue weighted by Gasteiger charge is -2.43. The smallest absolute Gasteiger partial charge is 0.261 e. The first kappa shape index (κ1) is 21.4. The Hall–Kier alpha value is -0.943. The number of benzene rings is 2. The Morgan fingerprint density at radius 3 is 1.73 bits per heavy atom. The van der Waals surface area contributed by atoms with Gasteiger partial charge in [-0.15, -0.1) is 0 Å². The number of rotatable bonds is 6. The molecule has 0 N–H and O–H groups in total. The molecule has 138 valence electrons. The molecule has 2 aromatic carbocycles. The summed E-state index contributed by atoms with van der Waals surface area (Å²) in [6.07, 6.45) is 4.15. The lowest BCUT2D eigenvalue weighted by atomic mass is 10.2. The molecule has 0 bridgehead atoms. The monoisotopic (exact) mass is 492 g/mol. The second-order valence-electron chi connectivity index (χ2n) is 7.25. The summed E-state index contributed by atoms with van der Waals surface area (Å²) in [6, 6.07) is 21.5. The molecule has 0 saturated carbocycles. The summed E-state index contributed by atoms with van der Waals surface area (Å²) >= 11 is 6.92. The summed E-state index contributed by atoms with van der Waals surface area (Å²) in [4.78, 5) is 0. The van der Waals surface area contributed by atoms with E-state index >= 15 is 0 Å². The third kappa shape index (κ3) is 4.86. The molecule has 2 rings (SSSR count). The van der Waals surface area contributed by atoms with Gasteiger partial charge in [0, 0.05) is 0 Å². The van der Waals surface area contributed by atoms with E-state index in [0.29, 0.717) is 6.61 Å². The minimum absolute atomic E-state index is 0.0100. The first-order valence-electron chi connectivity index (χ1n) is 8.74. The van der Waals surface area contributed by atoms with Gasteiger partial charge in [0.05, 0.1) is 10.00 Å². The highest BCUT2D eigenvalue weighted by atomic mass is 79.9. The summed E-state index contributed by atoms with van der Waals surface area (Å²) in [6.45, 7) is 9.51. The minimum atomic E-state index is -2.48. The van der Waals surface area contributed by atoms with Gasteiger partial charge >= 0.3 is 0 Å². The van der Waals surface area contributed by atoms with Crippen molar-refractivity contribution in [1.29, 1.82) is 0 Å². The highest BCUT2D eigenvalue weighted by Crippen LogP contribution is 2.37. The fraction of sp³-hybridized carbons (Fsp3) is 0.273. The van der Waals surface area contributed by atoms with Crippen LogP contribution < -0.4 is 10.4 Å². The molecular formula is C22H26Br2OSi. The highest BCUT2D eigenvalue weighted by Gasteiger charge is 2.50. The third-order valence-electron chi connectivity index (χ3n) is 4.54. The molecule has 1 nitrogen and oxygen atoms in total. The molecule has 4 heteroatoms. The van der Waals surface area contributed by atoms with Crippen LogP contribution in [0, 0.1) is 0 Å². The number of halogens is 2. The average molecular weight is 494 g/mol. The van der Waals surface area contributed by atoms with Gasteiger partial charge in [0.1, 0.15) is 0 Å². The van der Waals surface area contributed by atoms with Gasteiger partial charge in [-0.25, -0.2) is 0 Å². The Morgan fingerprint density at radius 2 is 1.38 bits per heavy atom. The van der Waals surface area contributed by atoms with E-state index in [1.54, 1.807) is 0 Å². The maximum Gasteiger partial charge on any atom is 0.261 e. The van der Waals surface area contributed by atoms with Gasteiger partial charge in [0.15, 0.2) is 0 Å². The van der Waals surface area contributed by atoms with E-state index in [4.69, 9.17) is 4.43 Å². The van der Waals surface area contributed by atoms with Crippen molar-refractivity contribution < 1.29 is 4.43 Å². The van der Waals surface area contributed by atoms with E-state index in [0.717, 1.165) is 8.96 Å². The summed E-state index contributed by atoms with van der Waals surface area (Å²) < 4.78 is 7.83. The van der Waals surface area contributed by atoms with E-state index in [1.807, 2.05) is 6.92 Å². The molecular weight excluding hydrogens is 468 g/mol. The molecule has 0 unspecified atom stereocenters. The van der Waals surface area contributed by atoms with Crippen molar-refractivity contribution in [3.8, 4) is 0 Å². The zero-order valence-corrected chi connectivity index (χ0v) is 20.0. The molecule has 0 aliphatic carbocycles. The van der Waals surface area contributed by atoms with Crippen molar-refractivity contribution in [1.82, 2.24) is 0 Å². The van der Waals surface area contributed by atoms with E-state index in [1.165, 1.54) is 10.4 Å². The third-order valence-corrected chi connectivity index (χ3v) is 9.98. The lowest BCUT2D eigenvalue weighted by molar-refractivity contribution is 0.332. The molecule has 0 aromatic heterocycles. The number of hydrogen-bond donors (Lipinski definition) is 0. The molecule has 0 amide bonds. The normalized spacial score (nSPS) is 12.8. The second kappa shape index (κ2) is 9.31. The van der Waals surface area contributed by atoms with Gasteiger partial charge in [0.2, 0.25) is 0 Å². The van der Waals surface area contributed by atoms with Crippen LogP contribution in [0.15, 0.2) is 81.8 Å². The van der Waals surface area contributed by atoms with Crippen LogP contribution in [0.1, 0.15) is 27.7 Å². The first-order chi connectivity index (χ1) is 12.3. The molecule has 0 aliphatic rings. The van der Waals surface area contributed by atoms with Crippen molar-refractivity contribution >= 4 is 50.6 Å². The zero-order valence-electron chi connectivity index (χ0n) is 15.8. The molecule has 0 saturated heterocycles. The molecule has 0 heterocycles. The van der Waals surface area contributed by atoms with E-state index in [2.05, 4.69) is 125 Å². The molecule has 0 fully saturated rings. The summed E-state index contributed by atoms with van der Waals surface area (Å²) in [7, 11) is -2.48. The SMILES string of the molecule is C/C=C(/C=C(Br)Br)CO[Si](c1ccccc1)(c1ccccc1)C(C)(C)C. The Balaban J connectivity index is 2.59. The van der Waals surface area contributed by atoms with E-state index in [9.17, 15) is 0 Å². The summed E-state index contributed by atoms with van der Waals surface area (Å²) in [5.41, 5.74) is 1.14. The van der Waals surface area contributed by atoms with Crippen LogP contribution >= 0.6 is 31.9 Å². The zero-order chi connectivity index (χ0) is 19.2. The van der Waals surface area contributed by atoms with Gasteiger partial charge in [0.25, 0.3) is 8.32 Å². The molecule has 26 heavy (non-hydrogen) atoms. The van der Waals surface area contributed by atoms with Crippen molar-refractivity contribution in [2.45, 2.75) is 32.7 Å². The molecule has 2 aromatic rings. The fourth-order valence-corrected chi connectivity index (χ4v) is 8.43. The van der Waals surface area contributed by atoms with Crippen molar-refractivity contribution in [2.75, 3.05) is 6.61 Å². The van der Waals surface area contributed by atoms with Crippen LogP contribution in [-0.4, -0.2) is 14.9 Å². The van der Waals surface area contributed by atoms with Gasteiger partial charge in [-0.3, -0.25) is 0 Å². The Kier molecular flexibility index (Phi) is 7.65. The van der Waals surface area contributed by atoms with Gasteiger partial charge in [-0.1, -0.05) is 87.5 Å². The van der Waals surface area contributed by atoms with Crippen LogP contribution in [0.25, 0.3) is 0 Å². The topological polar surface area (TPSA) is 9.23 Å². The number of hydrogen-bond acceptors (Lipinski definition) is 1. The molecule has 0 atom stereocenters. The predicted molar refractivity (Wildman–Crippen MR) is 123 cm³/mol. The van der Waals surface area contributed by atoms with Crippen LogP contribution in [0.3, 0.4) is 0 Å². The minimum Gasteiger partial charge on any atom is -0.403 e. The van der Waals surface area contributed by atoms with Crippen molar-refractivity contribution in [3.63, 3.8) is 0 Å². The maximum atomic E-state index is 6.90. The Morgan fingerprint density at radius 1 is 0.923 bits per heavy atom. The van der Waals surface area contributed by atoms with Crippen LogP contribution in [0.5, 0.6) is 0 Å². The Labute approximate surface area is 175 Å². The predicted octanol–water partition coefficient (Wildman–Crippen LogP) is 6.14. The highest BCUT2D eigenvalue weighted by molar-refractivity contribution is 9.28. The van der Waals surface area contributed by atoms with E-state index in [-0.39, 0.29) is 5.04 Å². The largest absolute Gasteiger partial charge is 0.403 e. The van der Waals surface area contributed by atoms with Crippen LogP contribution in [-0.2, 0) is 4.43 Å². The maximum absolute atomic E-state index is 6.90. The quantitative estimate of drug-likeness (QED) is 0.346. The van der Waals surface area contributed by atoms with Crippen molar-refractivity contribution in [2.24, 2.45) is 0 Å². The molecule has 0 spiro atoms. The number of allylic oxidation sites excluding steroid dienone is 1. The summed E-state index contributed by atoms with van der Waals surface area (Å²) in [5, 5.41) is 2.59. The molecule has 0 aliphatic heterocycles.